The molecule has 0 spiro atoms. The zero-order chi connectivity index (χ0) is 14.0. The maximum Gasteiger partial charge on any atom is 0.243 e. The molecule has 6 heteroatoms. The van der Waals surface area contributed by atoms with Gasteiger partial charge >= 0.3 is 0 Å². The van der Waals surface area contributed by atoms with Crippen molar-refractivity contribution in [3.8, 4) is 0 Å². The molecule has 1 aliphatic rings. The molecular weight excluding hydrogens is 280 g/mol. The fourth-order valence-corrected chi connectivity index (χ4v) is 4.19. The average Bonchev–Trinajstić information content (AvgIpc) is 2.39. The first-order valence-corrected chi connectivity index (χ1v) is 8.18. The van der Waals surface area contributed by atoms with E-state index >= 15 is 0 Å². The number of rotatable bonds is 3. The van der Waals surface area contributed by atoms with Gasteiger partial charge in [-0.1, -0.05) is 24.7 Å². The summed E-state index contributed by atoms with van der Waals surface area (Å²) in [6.45, 7) is 3.00. The van der Waals surface area contributed by atoms with Gasteiger partial charge < -0.3 is 5.73 Å². The second kappa shape index (κ2) is 5.56. The molecule has 0 aromatic heterocycles. The van der Waals surface area contributed by atoms with Crippen LogP contribution in [0.15, 0.2) is 23.1 Å². The summed E-state index contributed by atoms with van der Waals surface area (Å²) in [6.07, 6.45) is 2.97. The van der Waals surface area contributed by atoms with Gasteiger partial charge in [-0.25, -0.2) is 8.42 Å². The minimum Gasteiger partial charge on any atom is -0.389 e. The Bertz CT molecular complexity index is 591. The van der Waals surface area contributed by atoms with Crippen molar-refractivity contribution < 1.29 is 8.42 Å². The molecule has 0 aliphatic carbocycles. The molecule has 1 heterocycles. The molecule has 1 aliphatic heterocycles. The van der Waals surface area contributed by atoms with E-state index in [2.05, 4.69) is 0 Å². The van der Waals surface area contributed by atoms with Gasteiger partial charge in [0.1, 0.15) is 4.99 Å². The van der Waals surface area contributed by atoms with Crippen LogP contribution in [0.5, 0.6) is 0 Å². The highest BCUT2D eigenvalue weighted by atomic mass is 32.2. The van der Waals surface area contributed by atoms with E-state index < -0.39 is 10.0 Å². The van der Waals surface area contributed by atoms with Crippen LogP contribution in [0, 0.1) is 6.92 Å². The highest BCUT2D eigenvalue weighted by Gasteiger charge is 2.27. The summed E-state index contributed by atoms with van der Waals surface area (Å²) in [4.78, 5) is 0.638. The van der Waals surface area contributed by atoms with Crippen LogP contribution in [0.2, 0.25) is 0 Å². The van der Waals surface area contributed by atoms with Gasteiger partial charge in [0.05, 0.1) is 4.90 Å². The number of hydrogen-bond acceptors (Lipinski definition) is 3. The van der Waals surface area contributed by atoms with Crippen LogP contribution in [0.4, 0.5) is 0 Å². The number of nitrogens with zero attached hydrogens (tertiary/aromatic N) is 1. The van der Waals surface area contributed by atoms with Crippen molar-refractivity contribution in [2.45, 2.75) is 31.1 Å². The molecule has 1 aromatic rings. The van der Waals surface area contributed by atoms with Gasteiger partial charge in [-0.2, -0.15) is 4.31 Å². The highest BCUT2D eigenvalue weighted by molar-refractivity contribution is 7.89. The van der Waals surface area contributed by atoms with E-state index in [4.69, 9.17) is 18.0 Å². The lowest BCUT2D eigenvalue weighted by molar-refractivity contribution is 0.346. The average molecular weight is 298 g/mol. The molecule has 1 saturated heterocycles. The molecule has 104 valence electrons. The first-order valence-electron chi connectivity index (χ1n) is 6.33. The second-order valence-electron chi connectivity index (χ2n) is 4.81. The summed E-state index contributed by atoms with van der Waals surface area (Å²) in [5, 5.41) is 0. The Morgan fingerprint density at radius 3 is 2.42 bits per heavy atom. The fraction of sp³-hybridized carbons (Fsp3) is 0.462. The highest BCUT2D eigenvalue weighted by Crippen LogP contribution is 2.24. The molecule has 2 rings (SSSR count). The van der Waals surface area contributed by atoms with E-state index in [1.165, 1.54) is 0 Å². The lowest BCUT2D eigenvalue weighted by Gasteiger charge is -2.26. The Hall–Kier alpha value is -0.980. The lowest BCUT2D eigenvalue weighted by atomic mass is 10.1. The van der Waals surface area contributed by atoms with E-state index in [9.17, 15) is 8.42 Å². The van der Waals surface area contributed by atoms with Crippen molar-refractivity contribution in [1.82, 2.24) is 4.31 Å². The summed E-state index contributed by atoms with van der Waals surface area (Å²) in [5.74, 6) is 0. The van der Waals surface area contributed by atoms with E-state index in [0.29, 0.717) is 29.1 Å². The van der Waals surface area contributed by atoms with Gasteiger partial charge in [-0.05, 0) is 37.5 Å². The van der Waals surface area contributed by atoms with Crippen molar-refractivity contribution in [1.29, 1.82) is 0 Å². The predicted octanol–water partition coefficient (Wildman–Crippen LogP) is 1.80. The zero-order valence-corrected chi connectivity index (χ0v) is 12.6. The third kappa shape index (κ3) is 2.96. The number of aryl methyl sites for hydroxylation is 1. The normalized spacial score (nSPS) is 17.3. The summed E-state index contributed by atoms with van der Waals surface area (Å²) in [6, 6.07) is 5.01. The van der Waals surface area contributed by atoms with Crippen molar-refractivity contribution >= 4 is 27.2 Å². The van der Waals surface area contributed by atoms with Crippen LogP contribution in [0.25, 0.3) is 0 Å². The van der Waals surface area contributed by atoms with Crippen LogP contribution in [-0.2, 0) is 10.0 Å². The Morgan fingerprint density at radius 1 is 1.26 bits per heavy atom. The van der Waals surface area contributed by atoms with Crippen LogP contribution < -0.4 is 5.73 Å². The monoisotopic (exact) mass is 298 g/mol. The summed E-state index contributed by atoms with van der Waals surface area (Å²) in [5.41, 5.74) is 6.95. The van der Waals surface area contributed by atoms with E-state index in [0.717, 1.165) is 19.3 Å². The molecule has 1 fully saturated rings. The number of thiocarbonyl (C=S) groups is 1. The van der Waals surface area contributed by atoms with Crippen LogP contribution in [0.1, 0.15) is 30.4 Å². The minimum absolute atomic E-state index is 0.282. The fourth-order valence-electron chi connectivity index (χ4n) is 2.34. The molecule has 0 atom stereocenters. The molecule has 19 heavy (non-hydrogen) atoms. The molecule has 2 N–H and O–H groups in total. The van der Waals surface area contributed by atoms with Gasteiger partial charge in [0.25, 0.3) is 0 Å². The third-order valence-corrected chi connectivity index (χ3v) is 5.69. The van der Waals surface area contributed by atoms with Crippen LogP contribution in [0.3, 0.4) is 0 Å². The Balaban J connectivity index is 2.37. The molecule has 0 bridgehead atoms. The number of piperidine rings is 1. The molecule has 1 aromatic carbocycles. The van der Waals surface area contributed by atoms with Crippen LogP contribution in [-0.4, -0.2) is 30.8 Å². The van der Waals surface area contributed by atoms with Gasteiger partial charge in [0, 0.05) is 18.7 Å². The van der Waals surface area contributed by atoms with Crippen LogP contribution >= 0.6 is 12.2 Å². The van der Waals surface area contributed by atoms with Crippen molar-refractivity contribution in [2.24, 2.45) is 5.73 Å². The largest absolute Gasteiger partial charge is 0.389 e. The van der Waals surface area contributed by atoms with Crippen molar-refractivity contribution in [2.75, 3.05) is 13.1 Å². The number of nitrogens with two attached hydrogens (primary N) is 1. The van der Waals surface area contributed by atoms with Gasteiger partial charge in [0.15, 0.2) is 0 Å². The Labute approximate surface area is 119 Å². The SMILES string of the molecule is Cc1cc(C(N)=S)ccc1S(=O)(=O)N1CCCCC1. The first-order chi connectivity index (χ1) is 8.93. The Kier molecular flexibility index (Phi) is 4.23. The molecule has 4 nitrogen and oxygen atoms in total. The standard InChI is InChI=1S/C13H18N2O2S2/c1-10-9-11(13(14)18)5-6-12(10)19(16,17)15-7-3-2-4-8-15/h5-6,9H,2-4,7-8H2,1H3,(H2,14,18). The summed E-state index contributed by atoms with van der Waals surface area (Å²) < 4.78 is 26.7. The number of hydrogen-bond donors (Lipinski definition) is 1. The lowest BCUT2D eigenvalue weighted by Crippen LogP contribution is -2.36. The van der Waals surface area contributed by atoms with Gasteiger partial charge in [-0.3, -0.25) is 0 Å². The van der Waals surface area contributed by atoms with Crippen molar-refractivity contribution in [3.63, 3.8) is 0 Å². The zero-order valence-electron chi connectivity index (χ0n) is 10.9. The van der Waals surface area contributed by atoms with E-state index in [1.54, 1.807) is 29.4 Å². The molecule has 0 unspecified atom stereocenters. The molecule has 0 amide bonds. The smallest absolute Gasteiger partial charge is 0.243 e. The predicted molar refractivity (Wildman–Crippen MR) is 79.7 cm³/mol. The maximum absolute atomic E-state index is 12.6. The summed E-state index contributed by atoms with van der Waals surface area (Å²) >= 11 is 4.90. The Morgan fingerprint density at radius 2 is 1.89 bits per heavy atom. The molecular formula is C13H18N2O2S2. The van der Waals surface area contributed by atoms with Gasteiger partial charge in [0.2, 0.25) is 10.0 Å². The number of sulfonamides is 1. The number of benzene rings is 1. The second-order valence-corrected chi connectivity index (χ2v) is 7.16. The topological polar surface area (TPSA) is 63.4 Å². The maximum atomic E-state index is 12.6. The first kappa shape index (κ1) is 14.4. The molecule has 0 radical (unpaired) electrons. The van der Waals surface area contributed by atoms with E-state index in [1.807, 2.05) is 0 Å². The minimum atomic E-state index is -3.39. The molecule has 0 saturated carbocycles. The van der Waals surface area contributed by atoms with Gasteiger partial charge in [-0.15, -0.1) is 0 Å². The quantitative estimate of drug-likeness (QED) is 0.864. The third-order valence-electron chi connectivity index (χ3n) is 3.39. The van der Waals surface area contributed by atoms with E-state index in [-0.39, 0.29) is 4.99 Å². The summed E-state index contributed by atoms with van der Waals surface area (Å²) in [7, 11) is -3.39. The van der Waals surface area contributed by atoms with Crippen molar-refractivity contribution in [3.05, 3.63) is 29.3 Å².